The molecule has 25 heavy (non-hydrogen) atoms. The second-order valence-electron chi connectivity index (χ2n) is 5.55. The van der Waals surface area contributed by atoms with Crippen molar-refractivity contribution < 1.29 is 22.3 Å². The Bertz CT molecular complexity index is 961. The Labute approximate surface area is 146 Å². The first kappa shape index (κ1) is 17.3. The number of furan rings is 1. The first-order valence-electron chi connectivity index (χ1n) is 7.67. The molecular formula is C18H19NO5S. The summed E-state index contributed by atoms with van der Waals surface area (Å²) in [7, 11) is -0.797. The summed E-state index contributed by atoms with van der Waals surface area (Å²) in [6.07, 6.45) is 0. The van der Waals surface area contributed by atoms with E-state index >= 15 is 0 Å². The fourth-order valence-electron chi connectivity index (χ4n) is 2.56. The second-order valence-corrected chi connectivity index (χ2v) is 7.26. The highest BCUT2D eigenvalue weighted by molar-refractivity contribution is 7.89. The van der Waals surface area contributed by atoms with Crippen molar-refractivity contribution in [1.29, 1.82) is 0 Å². The molecule has 0 fully saturated rings. The van der Waals surface area contributed by atoms with E-state index in [1.165, 1.54) is 26.4 Å². The summed E-state index contributed by atoms with van der Waals surface area (Å²) in [6, 6.07) is 13.3. The monoisotopic (exact) mass is 361 g/mol. The zero-order chi connectivity index (χ0) is 18.0. The first-order valence-corrected chi connectivity index (χ1v) is 9.16. The van der Waals surface area contributed by atoms with Crippen LogP contribution in [0.15, 0.2) is 57.8 Å². The SMILES string of the molecule is COc1ccc(S(=O)(=O)N[C@@H](C)c2cc3ccccc3o2)cc1OC. The molecule has 0 aliphatic carbocycles. The van der Waals surface area contributed by atoms with Crippen molar-refractivity contribution >= 4 is 21.0 Å². The number of nitrogens with one attached hydrogen (secondary N) is 1. The molecule has 0 radical (unpaired) electrons. The number of methoxy groups -OCH3 is 2. The molecule has 0 aliphatic rings. The maximum atomic E-state index is 12.6. The summed E-state index contributed by atoms with van der Waals surface area (Å²) in [6.45, 7) is 1.73. The van der Waals surface area contributed by atoms with Gasteiger partial charge in [0.1, 0.15) is 11.3 Å². The van der Waals surface area contributed by atoms with Crippen LogP contribution in [0, 0.1) is 0 Å². The molecule has 1 heterocycles. The van der Waals surface area contributed by atoms with Gasteiger partial charge in [-0.25, -0.2) is 13.1 Å². The molecule has 3 aromatic rings. The third-order valence-electron chi connectivity index (χ3n) is 3.87. The van der Waals surface area contributed by atoms with Crippen LogP contribution in [0.4, 0.5) is 0 Å². The van der Waals surface area contributed by atoms with Crippen molar-refractivity contribution in [3.63, 3.8) is 0 Å². The van der Waals surface area contributed by atoms with Crippen LogP contribution in [-0.4, -0.2) is 22.6 Å². The largest absolute Gasteiger partial charge is 0.493 e. The summed E-state index contributed by atoms with van der Waals surface area (Å²) >= 11 is 0. The minimum absolute atomic E-state index is 0.0908. The molecule has 0 spiro atoms. The van der Waals surface area contributed by atoms with Crippen LogP contribution in [0.1, 0.15) is 18.7 Å². The van der Waals surface area contributed by atoms with Crippen molar-refractivity contribution in [2.75, 3.05) is 14.2 Å². The molecule has 0 saturated carbocycles. The van der Waals surface area contributed by atoms with E-state index in [0.717, 1.165) is 11.0 Å². The highest BCUT2D eigenvalue weighted by Gasteiger charge is 2.22. The van der Waals surface area contributed by atoms with Gasteiger partial charge < -0.3 is 13.9 Å². The highest BCUT2D eigenvalue weighted by atomic mass is 32.2. The Morgan fingerprint density at radius 2 is 1.72 bits per heavy atom. The van der Waals surface area contributed by atoms with Crippen LogP contribution < -0.4 is 14.2 Å². The lowest BCUT2D eigenvalue weighted by molar-refractivity contribution is 0.354. The van der Waals surface area contributed by atoms with Crippen molar-refractivity contribution in [3.8, 4) is 11.5 Å². The van der Waals surface area contributed by atoms with Gasteiger partial charge in [0.25, 0.3) is 0 Å². The molecule has 6 nitrogen and oxygen atoms in total. The summed E-state index contributed by atoms with van der Waals surface area (Å²) in [5.41, 5.74) is 0.717. The van der Waals surface area contributed by atoms with E-state index in [1.54, 1.807) is 13.0 Å². The molecule has 3 rings (SSSR count). The van der Waals surface area contributed by atoms with Gasteiger partial charge in [-0.05, 0) is 31.2 Å². The molecule has 2 aromatic carbocycles. The fourth-order valence-corrected chi connectivity index (χ4v) is 3.79. The number of sulfonamides is 1. The molecule has 0 unspecified atom stereocenters. The van der Waals surface area contributed by atoms with Crippen molar-refractivity contribution in [1.82, 2.24) is 4.72 Å². The van der Waals surface area contributed by atoms with Crippen LogP contribution in [0.3, 0.4) is 0 Å². The van der Waals surface area contributed by atoms with E-state index < -0.39 is 16.1 Å². The Kier molecular flexibility index (Phi) is 4.69. The van der Waals surface area contributed by atoms with Gasteiger partial charge >= 0.3 is 0 Å². The van der Waals surface area contributed by atoms with Gasteiger partial charge in [-0.3, -0.25) is 0 Å². The van der Waals surface area contributed by atoms with Gasteiger partial charge in [0.2, 0.25) is 10.0 Å². The molecule has 1 aromatic heterocycles. The molecule has 0 bridgehead atoms. The minimum atomic E-state index is -3.75. The molecule has 7 heteroatoms. The van der Waals surface area contributed by atoms with Crippen LogP contribution in [0.25, 0.3) is 11.0 Å². The van der Waals surface area contributed by atoms with E-state index in [4.69, 9.17) is 13.9 Å². The van der Waals surface area contributed by atoms with Crippen molar-refractivity contribution in [2.24, 2.45) is 0 Å². The Morgan fingerprint density at radius 3 is 2.40 bits per heavy atom. The first-order chi connectivity index (χ1) is 11.9. The maximum Gasteiger partial charge on any atom is 0.241 e. The summed E-state index contributed by atoms with van der Waals surface area (Å²) < 4.78 is 43.9. The number of rotatable bonds is 6. The summed E-state index contributed by atoms with van der Waals surface area (Å²) in [5.74, 6) is 1.36. The van der Waals surface area contributed by atoms with Gasteiger partial charge in [0.05, 0.1) is 25.2 Å². The summed E-state index contributed by atoms with van der Waals surface area (Å²) in [5, 5.41) is 0.926. The van der Waals surface area contributed by atoms with E-state index in [2.05, 4.69) is 4.72 Å². The number of ether oxygens (including phenoxy) is 2. The predicted molar refractivity (Wildman–Crippen MR) is 94.5 cm³/mol. The average Bonchev–Trinajstić information content (AvgIpc) is 3.05. The molecule has 132 valence electrons. The van der Waals surface area contributed by atoms with Crippen LogP contribution in [0.5, 0.6) is 11.5 Å². The van der Waals surface area contributed by atoms with Crippen molar-refractivity contribution in [2.45, 2.75) is 17.9 Å². The minimum Gasteiger partial charge on any atom is -0.493 e. The highest BCUT2D eigenvalue weighted by Crippen LogP contribution is 2.30. The normalized spacial score (nSPS) is 12.9. The van der Waals surface area contributed by atoms with E-state index in [1.807, 2.05) is 30.3 Å². The van der Waals surface area contributed by atoms with Gasteiger partial charge in [-0.15, -0.1) is 0 Å². The standard InChI is InChI=1S/C18H19NO5S/c1-12(17-10-13-6-4-5-7-15(13)24-17)19-25(20,21)14-8-9-16(22-2)18(11-14)23-3/h4-12,19H,1-3H3/t12-/m0/s1. The maximum absolute atomic E-state index is 12.6. The average molecular weight is 361 g/mol. The lowest BCUT2D eigenvalue weighted by Crippen LogP contribution is -2.26. The molecule has 0 aliphatic heterocycles. The Morgan fingerprint density at radius 1 is 1.00 bits per heavy atom. The molecular weight excluding hydrogens is 342 g/mol. The number of hydrogen-bond acceptors (Lipinski definition) is 5. The predicted octanol–water partition coefficient (Wildman–Crippen LogP) is 3.49. The molecule has 1 atom stereocenters. The molecule has 1 N–H and O–H groups in total. The van der Waals surface area contributed by atoms with Crippen LogP contribution in [0.2, 0.25) is 0 Å². The smallest absolute Gasteiger partial charge is 0.241 e. The van der Waals surface area contributed by atoms with Crippen molar-refractivity contribution in [3.05, 3.63) is 54.3 Å². The third-order valence-corrected chi connectivity index (χ3v) is 5.41. The Hall–Kier alpha value is -2.51. The topological polar surface area (TPSA) is 77.8 Å². The second kappa shape index (κ2) is 6.78. The third kappa shape index (κ3) is 3.47. The number of benzene rings is 2. The van der Waals surface area contributed by atoms with E-state index in [0.29, 0.717) is 17.3 Å². The van der Waals surface area contributed by atoms with Crippen LogP contribution in [-0.2, 0) is 10.0 Å². The molecule has 0 saturated heterocycles. The van der Waals surface area contributed by atoms with Gasteiger partial charge in [0, 0.05) is 11.5 Å². The number of para-hydroxylation sites is 1. The zero-order valence-electron chi connectivity index (χ0n) is 14.1. The van der Waals surface area contributed by atoms with Gasteiger partial charge in [0.15, 0.2) is 11.5 Å². The zero-order valence-corrected chi connectivity index (χ0v) is 15.0. The number of fused-ring (bicyclic) bond motifs is 1. The van der Waals surface area contributed by atoms with Gasteiger partial charge in [-0.2, -0.15) is 0 Å². The number of hydrogen-bond donors (Lipinski definition) is 1. The fraction of sp³-hybridized carbons (Fsp3) is 0.222. The quantitative estimate of drug-likeness (QED) is 0.727. The van der Waals surface area contributed by atoms with Gasteiger partial charge in [-0.1, -0.05) is 18.2 Å². The lowest BCUT2D eigenvalue weighted by atomic mass is 10.2. The van der Waals surface area contributed by atoms with Crippen LogP contribution >= 0.6 is 0 Å². The van der Waals surface area contributed by atoms with E-state index in [-0.39, 0.29) is 4.90 Å². The summed E-state index contributed by atoms with van der Waals surface area (Å²) in [4.78, 5) is 0.0908. The Balaban J connectivity index is 1.87. The van der Waals surface area contributed by atoms with E-state index in [9.17, 15) is 8.42 Å². The lowest BCUT2D eigenvalue weighted by Gasteiger charge is -2.14. The molecule has 0 amide bonds.